The lowest BCUT2D eigenvalue weighted by Gasteiger charge is -2.37. The van der Waals surface area contributed by atoms with Gasteiger partial charge in [0, 0.05) is 0 Å². The third-order valence-electron chi connectivity index (χ3n) is 1.19. The van der Waals surface area contributed by atoms with E-state index in [1.165, 1.54) is 6.92 Å². The molecular formula is C4H8ClNO3S. The maximum Gasteiger partial charge on any atom is 0.165 e. The summed E-state index contributed by atoms with van der Waals surface area (Å²) in [7, 11) is -2.85. The number of alkyl halides is 1. The SMILES string of the molecule is CC1=NOCC(Cl)S1(O)O. The molecule has 0 bridgehead atoms. The summed E-state index contributed by atoms with van der Waals surface area (Å²) in [5.74, 6) is 0. The molecule has 6 heteroatoms. The molecule has 0 aromatic carbocycles. The average Bonchev–Trinajstić information content (AvgIpc) is 1.84. The van der Waals surface area contributed by atoms with Gasteiger partial charge in [0.2, 0.25) is 0 Å². The van der Waals surface area contributed by atoms with Crippen molar-refractivity contribution in [1.29, 1.82) is 0 Å². The summed E-state index contributed by atoms with van der Waals surface area (Å²) in [6.07, 6.45) is 0. The topological polar surface area (TPSA) is 62.0 Å². The highest BCUT2D eigenvalue weighted by molar-refractivity contribution is 8.38. The first-order valence-electron chi connectivity index (χ1n) is 2.63. The Kier molecular flexibility index (Phi) is 2.10. The normalized spacial score (nSPS) is 34.0. The second kappa shape index (κ2) is 2.58. The first-order chi connectivity index (χ1) is 4.55. The third-order valence-corrected chi connectivity index (χ3v) is 3.85. The summed E-state index contributed by atoms with van der Waals surface area (Å²) in [4.78, 5) is 4.59. The highest BCUT2D eigenvalue weighted by atomic mass is 35.5. The molecule has 0 aromatic heterocycles. The van der Waals surface area contributed by atoms with Crippen LogP contribution in [-0.4, -0.2) is 25.5 Å². The molecule has 1 atom stereocenters. The van der Waals surface area contributed by atoms with Crippen LogP contribution in [0.3, 0.4) is 0 Å². The molecule has 0 saturated carbocycles. The van der Waals surface area contributed by atoms with Crippen LogP contribution in [0.25, 0.3) is 0 Å². The van der Waals surface area contributed by atoms with Gasteiger partial charge in [-0.25, -0.2) is 0 Å². The maximum absolute atomic E-state index is 9.21. The van der Waals surface area contributed by atoms with Crippen molar-refractivity contribution >= 4 is 27.2 Å². The Balaban J connectivity index is 2.84. The van der Waals surface area contributed by atoms with Crippen LogP contribution in [0.5, 0.6) is 0 Å². The molecule has 0 aliphatic carbocycles. The molecule has 2 N–H and O–H groups in total. The second-order valence-corrected chi connectivity index (χ2v) is 5.04. The van der Waals surface area contributed by atoms with Crippen LogP contribution in [0.2, 0.25) is 0 Å². The van der Waals surface area contributed by atoms with Crippen LogP contribution in [0.15, 0.2) is 5.16 Å². The molecule has 0 aromatic rings. The summed E-state index contributed by atoms with van der Waals surface area (Å²) in [5, 5.41) is 3.57. The number of hydrogen-bond acceptors (Lipinski definition) is 4. The molecule has 1 aliphatic rings. The summed E-state index contributed by atoms with van der Waals surface area (Å²) in [6, 6.07) is 0. The van der Waals surface area contributed by atoms with Gasteiger partial charge in [-0.05, 0) is 6.92 Å². The van der Waals surface area contributed by atoms with E-state index >= 15 is 0 Å². The Morgan fingerprint density at radius 2 is 2.40 bits per heavy atom. The van der Waals surface area contributed by atoms with Gasteiger partial charge in [0.1, 0.15) is 0 Å². The van der Waals surface area contributed by atoms with E-state index in [9.17, 15) is 9.11 Å². The number of rotatable bonds is 0. The van der Waals surface area contributed by atoms with Crippen molar-refractivity contribution in [3.8, 4) is 0 Å². The van der Waals surface area contributed by atoms with Gasteiger partial charge < -0.3 is 4.84 Å². The molecule has 4 nitrogen and oxygen atoms in total. The van der Waals surface area contributed by atoms with E-state index < -0.39 is 15.3 Å². The van der Waals surface area contributed by atoms with Crippen LogP contribution in [0.1, 0.15) is 6.92 Å². The summed E-state index contributed by atoms with van der Waals surface area (Å²) < 4.78 is 17.7. The first-order valence-corrected chi connectivity index (χ1v) is 4.67. The summed E-state index contributed by atoms with van der Waals surface area (Å²) in [6.45, 7) is 1.53. The fourth-order valence-corrected chi connectivity index (χ4v) is 1.75. The van der Waals surface area contributed by atoms with Gasteiger partial charge in [0.05, 0.1) is 0 Å². The average molecular weight is 186 g/mol. The number of halogens is 1. The molecule has 0 fully saturated rings. The number of nitrogens with zero attached hydrogens (tertiary/aromatic N) is 1. The molecule has 0 amide bonds. The molecule has 1 heterocycles. The van der Waals surface area contributed by atoms with Crippen molar-refractivity contribution in [2.75, 3.05) is 6.61 Å². The van der Waals surface area contributed by atoms with Crippen molar-refractivity contribution in [2.24, 2.45) is 5.16 Å². The lowest BCUT2D eigenvalue weighted by molar-refractivity contribution is 0.149. The molecule has 0 radical (unpaired) electrons. The molecular weight excluding hydrogens is 178 g/mol. The molecule has 10 heavy (non-hydrogen) atoms. The van der Waals surface area contributed by atoms with E-state index in [2.05, 4.69) is 9.99 Å². The standard InChI is InChI=1S/C4H8ClNO3S/c1-3-6-9-2-4(5)10(3,7)8/h4,7-8H,2H2,1H3. The zero-order chi connectivity index (χ0) is 7.78. The first kappa shape index (κ1) is 8.13. The Bertz CT molecular complexity index is 172. The Labute approximate surface area is 65.2 Å². The van der Waals surface area contributed by atoms with Crippen LogP contribution < -0.4 is 0 Å². The van der Waals surface area contributed by atoms with Crippen molar-refractivity contribution in [3.63, 3.8) is 0 Å². The van der Waals surface area contributed by atoms with Gasteiger partial charge >= 0.3 is 0 Å². The Morgan fingerprint density at radius 1 is 1.80 bits per heavy atom. The minimum atomic E-state index is -2.85. The predicted octanol–water partition coefficient (Wildman–Crippen LogP) is 1.67. The molecule has 60 valence electrons. The molecule has 0 spiro atoms. The van der Waals surface area contributed by atoms with Gasteiger partial charge in [0.25, 0.3) is 0 Å². The van der Waals surface area contributed by atoms with Crippen LogP contribution in [0.4, 0.5) is 0 Å². The zero-order valence-electron chi connectivity index (χ0n) is 5.32. The number of hydrogen-bond donors (Lipinski definition) is 2. The van der Waals surface area contributed by atoms with Gasteiger partial charge in [-0.1, -0.05) is 16.8 Å². The molecule has 1 rings (SSSR count). The lowest BCUT2D eigenvalue weighted by Crippen LogP contribution is -2.26. The smallest absolute Gasteiger partial charge is 0.165 e. The third kappa shape index (κ3) is 1.22. The zero-order valence-corrected chi connectivity index (χ0v) is 6.89. The van der Waals surface area contributed by atoms with E-state index in [1.54, 1.807) is 0 Å². The second-order valence-electron chi connectivity index (χ2n) is 1.91. The number of oxime groups is 1. The molecule has 1 unspecified atom stereocenters. The van der Waals surface area contributed by atoms with Crippen LogP contribution in [0, 0.1) is 0 Å². The fraction of sp³-hybridized carbons (Fsp3) is 0.750. The lowest BCUT2D eigenvalue weighted by atomic mass is 10.8. The monoisotopic (exact) mass is 185 g/mol. The predicted molar refractivity (Wildman–Crippen MR) is 41.6 cm³/mol. The Morgan fingerprint density at radius 3 is 2.80 bits per heavy atom. The fourth-order valence-electron chi connectivity index (χ4n) is 0.522. The van der Waals surface area contributed by atoms with Crippen LogP contribution in [-0.2, 0) is 4.84 Å². The van der Waals surface area contributed by atoms with E-state index in [4.69, 9.17) is 11.6 Å². The summed E-state index contributed by atoms with van der Waals surface area (Å²) >= 11 is 5.53. The van der Waals surface area contributed by atoms with E-state index in [0.29, 0.717) is 0 Å². The van der Waals surface area contributed by atoms with E-state index in [1.807, 2.05) is 0 Å². The van der Waals surface area contributed by atoms with Gasteiger partial charge in [0.15, 0.2) is 16.4 Å². The quantitative estimate of drug-likeness (QED) is 0.565. The maximum atomic E-state index is 9.21. The van der Waals surface area contributed by atoms with Crippen molar-refractivity contribution < 1.29 is 13.9 Å². The Hall–Kier alpha value is 0.0300. The van der Waals surface area contributed by atoms with E-state index in [0.717, 1.165) is 0 Å². The van der Waals surface area contributed by atoms with Crippen molar-refractivity contribution in [1.82, 2.24) is 0 Å². The molecule has 1 aliphatic heterocycles. The van der Waals surface area contributed by atoms with Crippen LogP contribution >= 0.6 is 22.2 Å². The van der Waals surface area contributed by atoms with Gasteiger partial charge in [-0.15, -0.1) is 10.6 Å². The molecule has 0 saturated heterocycles. The summed E-state index contributed by atoms with van der Waals surface area (Å²) in [5.41, 5.74) is 0. The van der Waals surface area contributed by atoms with Gasteiger partial charge in [-0.2, -0.15) is 0 Å². The minimum Gasteiger partial charge on any atom is -0.391 e. The highest BCUT2D eigenvalue weighted by Gasteiger charge is 2.31. The van der Waals surface area contributed by atoms with E-state index in [-0.39, 0.29) is 11.7 Å². The van der Waals surface area contributed by atoms with Gasteiger partial charge in [-0.3, -0.25) is 9.11 Å². The van der Waals surface area contributed by atoms with Crippen molar-refractivity contribution in [3.05, 3.63) is 0 Å². The minimum absolute atomic E-state index is 0.0568. The largest absolute Gasteiger partial charge is 0.391 e. The van der Waals surface area contributed by atoms with Crippen molar-refractivity contribution in [2.45, 2.75) is 11.6 Å². The highest BCUT2D eigenvalue weighted by Crippen LogP contribution is 2.49.